The third-order valence-corrected chi connectivity index (χ3v) is 5.37. The second kappa shape index (κ2) is 6.30. The van der Waals surface area contributed by atoms with E-state index in [0.29, 0.717) is 6.04 Å². The summed E-state index contributed by atoms with van der Waals surface area (Å²) in [7, 11) is 0. The van der Waals surface area contributed by atoms with Gasteiger partial charge in [-0.05, 0) is 68.1 Å². The average molecular weight is 271 g/mol. The van der Waals surface area contributed by atoms with Gasteiger partial charge in [0.2, 0.25) is 0 Å². The van der Waals surface area contributed by atoms with Gasteiger partial charge in [-0.3, -0.25) is 0 Å². The minimum Gasteiger partial charge on any atom is -0.307 e. The summed E-state index contributed by atoms with van der Waals surface area (Å²) in [6.07, 6.45) is 10.9. The van der Waals surface area contributed by atoms with Crippen molar-refractivity contribution in [1.82, 2.24) is 5.32 Å². The summed E-state index contributed by atoms with van der Waals surface area (Å²) in [5, 5.41) is 3.89. The van der Waals surface area contributed by atoms with Gasteiger partial charge in [-0.15, -0.1) is 0 Å². The first-order valence-electron chi connectivity index (χ1n) is 8.60. The number of fused-ring (bicyclic) bond motifs is 1. The molecular weight excluding hydrogens is 242 g/mol. The molecule has 20 heavy (non-hydrogen) atoms. The molecule has 110 valence electrons. The van der Waals surface area contributed by atoms with E-state index >= 15 is 0 Å². The van der Waals surface area contributed by atoms with Crippen LogP contribution >= 0.6 is 0 Å². The first-order chi connectivity index (χ1) is 9.72. The highest BCUT2D eigenvalue weighted by molar-refractivity contribution is 5.36. The second-order valence-electron chi connectivity index (χ2n) is 7.08. The molecule has 2 aliphatic carbocycles. The minimum atomic E-state index is 0.499. The van der Waals surface area contributed by atoms with Crippen LogP contribution in [0.1, 0.15) is 75.1 Å². The summed E-state index contributed by atoms with van der Waals surface area (Å²) in [5.41, 5.74) is 4.68. The summed E-state index contributed by atoms with van der Waals surface area (Å²) in [4.78, 5) is 0. The standard InChI is InChI=1S/C19H29N/c1-14-5-3-8-19(12-9-14)20-15(2)17-11-10-16-6-4-7-18(16)13-17/h10-11,13-15,19-20H,3-9,12H2,1-2H3. The van der Waals surface area contributed by atoms with Crippen molar-refractivity contribution in [3.05, 3.63) is 34.9 Å². The van der Waals surface area contributed by atoms with Crippen molar-refractivity contribution in [1.29, 1.82) is 0 Å². The van der Waals surface area contributed by atoms with Gasteiger partial charge in [-0.25, -0.2) is 0 Å². The van der Waals surface area contributed by atoms with Crippen LogP contribution < -0.4 is 5.32 Å². The van der Waals surface area contributed by atoms with Gasteiger partial charge in [0.05, 0.1) is 0 Å². The van der Waals surface area contributed by atoms with Crippen molar-refractivity contribution in [2.45, 2.75) is 77.3 Å². The van der Waals surface area contributed by atoms with Crippen LogP contribution in [0.5, 0.6) is 0 Å². The Bertz CT molecular complexity index is 451. The first-order valence-corrected chi connectivity index (χ1v) is 8.60. The number of hydrogen-bond donors (Lipinski definition) is 1. The quantitative estimate of drug-likeness (QED) is 0.779. The monoisotopic (exact) mass is 271 g/mol. The summed E-state index contributed by atoms with van der Waals surface area (Å²) in [6.45, 7) is 4.75. The third-order valence-electron chi connectivity index (χ3n) is 5.37. The van der Waals surface area contributed by atoms with Gasteiger partial charge in [-0.1, -0.05) is 38.0 Å². The molecule has 0 saturated heterocycles. The molecule has 2 aliphatic rings. The van der Waals surface area contributed by atoms with Gasteiger partial charge < -0.3 is 5.32 Å². The van der Waals surface area contributed by atoms with Crippen molar-refractivity contribution in [3.8, 4) is 0 Å². The lowest BCUT2D eigenvalue weighted by Crippen LogP contribution is -2.31. The number of aryl methyl sites for hydroxylation is 2. The highest BCUT2D eigenvalue weighted by Gasteiger charge is 2.19. The zero-order valence-corrected chi connectivity index (χ0v) is 13.1. The normalized spacial score (nSPS) is 27.9. The molecule has 1 aromatic carbocycles. The van der Waals surface area contributed by atoms with Gasteiger partial charge in [0.15, 0.2) is 0 Å². The van der Waals surface area contributed by atoms with Crippen LogP contribution in [0.2, 0.25) is 0 Å². The van der Waals surface area contributed by atoms with Crippen molar-refractivity contribution >= 4 is 0 Å². The fraction of sp³-hybridized carbons (Fsp3) is 0.684. The Morgan fingerprint density at radius 3 is 2.75 bits per heavy atom. The van der Waals surface area contributed by atoms with E-state index in [2.05, 4.69) is 37.4 Å². The summed E-state index contributed by atoms with van der Waals surface area (Å²) in [5.74, 6) is 0.928. The lowest BCUT2D eigenvalue weighted by atomic mass is 10.00. The molecule has 1 nitrogen and oxygen atoms in total. The SMILES string of the molecule is CC1CCCC(NC(C)c2ccc3c(c2)CCC3)CC1. The number of nitrogens with one attached hydrogen (secondary N) is 1. The Morgan fingerprint density at radius 1 is 1.00 bits per heavy atom. The highest BCUT2D eigenvalue weighted by Crippen LogP contribution is 2.27. The smallest absolute Gasteiger partial charge is 0.0294 e. The molecule has 3 rings (SSSR count). The Hall–Kier alpha value is -0.820. The van der Waals surface area contributed by atoms with Crippen LogP contribution in [0, 0.1) is 5.92 Å². The highest BCUT2D eigenvalue weighted by atomic mass is 14.9. The Kier molecular flexibility index (Phi) is 4.45. The van der Waals surface area contributed by atoms with Crippen molar-refractivity contribution in [3.63, 3.8) is 0 Å². The molecular formula is C19H29N. The van der Waals surface area contributed by atoms with Crippen LogP contribution in [-0.2, 0) is 12.8 Å². The predicted molar refractivity (Wildman–Crippen MR) is 86.1 cm³/mol. The summed E-state index contributed by atoms with van der Waals surface area (Å²) in [6, 6.07) is 8.40. The van der Waals surface area contributed by atoms with E-state index in [4.69, 9.17) is 0 Å². The maximum absolute atomic E-state index is 3.89. The zero-order chi connectivity index (χ0) is 13.9. The maximum atomic E-state index is 3.89. The lowest BCUT2D eigenvalue weighted by molar-refractivity contribution is 0.408. The van der Waals surface area contributed by atoms with E-state index in [1.165, 1.54) is 56.9 Å². The fourth-order valence-electron chi connectivity index (χ4n) is 3.96. The molecule has 1 fully saturated rings. The van der Waals surface area contributed by atoms with Gasteiger partial charge in [0.1, 0.15) is 0 Å². The van der Waals surface area contributed by atoms with E-state index < -0.39 is 0 Å². The molecule has 3 atom stereocenters. The van der Waals surface area contributed by atoms with Gasteiger partial charge in [0, 0.05) is 12.1 Å². The number of hydrogen-bond acceptors (Lipinski definition) is 1. The molecule has 0 aliphatic heterocycles. The van der Waals surface area contributed by atoms with Crippen LogP contribution in [0.4, 0.5) is 0 Å². The molecule has 1 N–H and O–H groups in total. The van der Waals surface area contributed by atoms with E-state index in [0.717, 1.165) is 12.0 Å². The third kappa shape index (κ3) is 3.25. The molecule has 0 heterocycles. The van der Waals surface area contributed by atoms with Crippen molar-refractivity contribution in [2.24, 2.45) is 5.92 Å². The van der Waals surface area contributed by atoms with Crippen molar-refractivity contribution in [2.75, 3.05) is 0 Å². The maximum Gasteiger partial charge on any atom is 0.0294 e. The molecule has 0 aromatic heterocycles. The largest absolute Gasteiger partial charge is 0.307 e. The average Bonchev–Trinajstić information content (AvgIpc) is 2.82. The summed E-state index contributed by atoms with van der Waals surface area (Å²) < 4.78 is 0. The van der Waals surface area contributed by atoms with Crippen molar-refractivity contribution < 1.29 is 0 Å². The van der Waals surface area contributed by atoms with Gasteiger partial charge >= 0.3 is 0 Å². The van der Waals surface area contributed by atoms with Crippen LogP contribution in [0.25, 0.3) is 0 Å². The topological polar surface area (TPSA) is 12.0 Å². The molecule has 3 unspecified atom stereocenters. The second-order valence-corrected chi connectivity index (χ2v) is 7.08. The van der Waals surface area contributed by atoms with Crippen LogP contribution in [-0.4, -0.2) is 6.04 Å². The fourth-order valence-corrected chi connectivity index (χ4v) is 3.96. The van der Waals surface area contributed by atoms with E-state index in [9.17, 15) is 0 Å². The Labute approximate surface area is 124 Å². The Balaban J connectivity index is 1.62. The van der Waals surface area contributed by atoms with Gasteiger partial charge in [0.25, 0.3) is 0 Å². The van der Waals surface area contributed by atoms with E-state index in [1.807, 2.05) is 0 Å². The lowest BCUT2D eigenvalue weighted by Gasteiger charge is -2.23. The summed E-state index contributed by atoms with van der Waals surface area (Å²) >= 11 is 0. The Morgan fingerprint density at radius 2 is 1.85 bits per heavy atom. The van der Waals surface area contributed by atoms with E-state index in [1.54, 1.807) is 11.1 Å². The van der Waals surface area contributed by atoms with Gasteiger partial charge in [-0.2, -0.15) is 0 Å². The molecule has 1 heteroatoms. The molecule has 0 spiro atoms. The minimum absolute atomic E-state index is 0.499. The predicted octanol–water partition coefficient (Wildman–Crippen LogP) is 4.79. The first kappa shape index (κ1) is 14.1. The van der Waals surface area contributed by atoms with Crippen LogP contribution in [0.15, 0.2) is 18.2 Å². The van der Waals surface area contributed by atoms with E-state index in [-0.39, 0.29) is 0 Å². The molecule has 0 bridgehead atoms. The molecule has 1 saturated carbocycles. The number of rotatable bonds is 3. The molecule has 0 radical (unpaired) electrons. The van der Waals surface area contributed by atoms with Crippen LogP contribution in [0.3, 0.4) is 0 Å². The molecule has 0 amide bonds. The zero-order valence-electron chi connectivity index (χ0n) is 13.1. The number of benzene rings is 1. The molecule has 1 aromatic rings.